The van der Waals surface area contributed by atoms with Gasteiger partial charge in [0.1, 0.15) is 6.10 Å². The van der Waals surface area contributed by atoms with Crippen LogP contribution in [0.15, 0.2) is 17.9 Å². The average molecular weight is 166 g/mol. The summed E-state index contributed by atoms with van der Waals surface area (Å²) >= 11 is 0. The van der Waals surface area contributed by atoms with Gasteiger partial charge in [0.25, 0.3) is 0 Å². The van der Waals surface area contributed by atoms with Crippen molar-refractivity contribution in [3.8, 4) is 0 Å². The number of ether oxygens (including phenoxy) is 1. The normalized spacial score (nSPS) is 23.1. The molecule has 0 spiro atoms. The van der Waals surface area contributed by atoms with E-state index in [-0.39, 0.29) is 12.1 Å². The first-order chi connectivity index (χ1) is 5.83. The largest absolute Gasteiger partial charge is 0.457 e. The molecule has 1 unspecified atom stereocenters. The predicted molar refractivity (Wildman–Crippen MR) is 46.7 cm³/mol. The van der Waals surface area contributed by atoms with E-state index in [4.69, 9.17) is 4.74 Å². The van der Waals surface area contributed by atoms with Gasteiger partial charge in [0.05, 0.1) is 0 Å². The summed E-state index contributed by atoms with van der Waals surface area (Å²) in [5.41, 5.74) is 3.02. The molecular weight excluding hydrogens is 152 g/mol. The minimum atomic E-state index is -0.0950. The third kappa shape index (κ3) is 2.93. The van der Waals surface area contributed by atoms with Crippen LogP contribution in [0.3, 0.4) is 0 Å². The number of carbonyl (C=O) groups excluding carboxylic acids is 1. The van der Waals surface area contributed by atoms with Crippen LogP contribution in [-0.2, 0) is 9.53 Å². The molecule has 0 aromatic carbocycles. The van der Waals surface area contributed by atoms with Crippen molar-refractivity contribution in [3.05, 3.63) is 17.9 Å². The van der Waals surface area contributed by atoms with Crippen LogP contribution in [0.1, 0.15) is 32.6 Å². The number of rotatable bonds is 2. The summed E-state index contributed by atoms with van der Waals surface area (Å²) in [5.74, 6) is -0.0950. The lowest BCUT2D eigenvalue weighted by Crippen LogP contribution is -2.16. The zero-order valence-corrected chi connectivity index (χ0v) is 7.38. The van der Waals surface area contributed by atoms with Gasteiger partial charge in [-0.15, -0.1) is 5.73 Å². The highest BCUT2D eigenvalue weighted by Gasteiger charge is 2.10. The van der Waals surface area contributed by atoms with Crippen LogP contribution in [0.2, 0.25) is 0 Å². The monoisotopic (exact) mass is 166 g/mol. The Morgan fingerprint density at radius 3 is 3.33 bits per heavy atom. The van der Waals surface area contributed by atoms with E-state index in [1.165, 1.54) is 0 Å². The van der Waals surface area contributed by atoms with Gasteiger partial charge in [0.15, 0.2) is 0 Å². The van der Waals surface area contributed by atoms with E-state index < -0.39 is 0 Å². The van der Waals surface area contributed by atoms with E-state index in [0.717, 1.165) is 19.3 Å². The molecule has 0 saturated heterocycles. The second kappa shape index (κ2) is 4.78. The Kier molecular flexibility index (Phi) is 3.62. The van der Waals surface area contributed by atoms with Crippen molar-refractivity contribution in [2.45, 2.75) is 38.7 Å². The fourth-order valence-electron chi connectivity index (χ4n) is 1.14. The minimum Gasteiger partial charge on any atom is -0.457 e. The highest BCUT2D eigenvalue weighted by atomic mass is 16.5. The van der Waals surface area contributed by atoms with Gasteiger partial charge in [-0.2, -0.15) is 0 Å². The highest BCUT2D eigenvalue weighted by Crippen LogP contribution is 2.08. The molecule has 0 N–H and O–H groups in total. The van der Waals surface area contributed by atoms with Crippen LogP contribution in [0.4, 0.5) is 0 Å². The van der Waals surface area contributed by atoms with Crippen molar-refractivity contribution in [2.24, 2.45) is 0 Å². The maximum Gasteiger partial charge on any atom is 0.306 e. The molecule has 0 aliphatic carbocycles. The Morgan fingerprint density at radius 2 is 2.58 bits per heavy atom. The molecule has 0 bridgehead atoms. The van der Waals surface area contributed by atoms with E-state index in [0.29, 0.717) is 6.42 Å². The molecule has 0 aromatic rings. The number of carbonyl (C=O) groups is 1. The van der Waals surface area contributed by atoms with Crippen molar-refractivity contribution >= 4 is 5.97 Å². The molecular formula is C10H14O2. The van der Waals surface area contributed by atoms with Crippen molar-refractivity contribution in [1.29, 1.82) is 0 Å². The van der Waals surface area contributed by atoms with Crippen LogP contribution >= 0.6 is 0 Å². The second-order valence-corrected chi connectivity index (χ2v) is 2.89. The van der Waals surface area contributed by atoms with E-state index in [2.05, 4.69) is 12.7 Å². The fraction of sp³-hybridized carbons (Fsp3) is 0.600. The van der Waals surface area contributed by atoms with Crippen LogP contribution in [-0.4, -0.2) is 12.1 Å². The Hall–Kier alpha value is -1.01. The first-order valence-electron chi connectivity index (χ1n) is 4.43. The number of hydrogen-bond acceptors (Lipinski definition) is 2. The average Bonchev–Trinajstić information content (AvgIpc) is 2.00. The summed E-state index contributed by atoms with van der Waals surface area (Å²) in [6.07, 6.45) is 6.82. The van der Waals surface area contributed by atoms with E-state index >= 15 is 0 Å². The molecule has 0 fully saturated rings. The first-order valence-corrected chi connectivity index (χ1v) is 4.43. The van der Waals surface area contributed by atoms with Gasteiger partial charge in [-0.25, -0.2) is 0 Å². The number of esters is 1. The molecule has 0 amide bonds. The predicted octanol–water partition coefficient (Wildman–Crippen LogP) is 2.20. The zero-order chi connectivity index (χ0) is 8.81. The Labute approximate surface area is 72.9 Å². The summed E-state index contributed by atoms with van der Waals surface area (Å²) in [5, 5.41) is 0. The molecule has 0 saturated carbocycles. The standard InChI is InChI=1S/C10H14O2/c1-2-6-9-7-4-3-5-8-10(11)12-9/h3,7,9H,2,5-6,8H2,1H3. The van der Waals surface area contributed by atoms with Crippen molar-refractivity contribution < 1.29 is 9.53 Å². The lowest BCUT2D eigenvalue weighted by atomic mass is 10.2. The Balaban J connectivity index is 2.56. The van der Waals surface area contributed by atoms with Crippen molar-refractivity contribution in [1.82, 2.24) is 0 Å². The molecule has 66 valence electrons. The first kappa shape index (κ1) is 9.08. The van der Waals surface area contributed by atoms with Crippen LogP contribution in [0.5, 0.6) is 0 Å². The van der Waals surface area contributed by atoms with Gasteiger partial charge in [0.2, 0.25) is 0 Å². The lowest BCUT2D eigenvalue weighted by molar-refractivity contribution is -0.147. The summed E-state index contributed by atoms with van der Waals surface area (Å²) < 4.78 is 5.15. The van der Waals surface area contributed by atoms with E-state index in [1.54, 1.807) is 0 Å². The molecule has 2 nitrogen and oxygen atoms in total. The molecule has 1 aliphatic rings. The smallest absolute Gasteiger partial charge is 0.306 e. The molecule has 0 radical (unpaired) electrons. The third-order valence-corrected chi connectivity index (χ3v) is 1.75. The zero-order valence-electron chi connectivity index (χ0n) is 7.38. The molecule has 0 aromatic heterocycles. The highest BCUT2D eigenvalue weighted by molar-refractivity contribution is 5.70. The maximum atomic E-state index is 11.0. The van der Waals surface area contributed by atoms with Gasteiger partial charge in [0, 0.05) is 6.42 Å². The second-order valence-electron chi connectivity index (χ2n) is 2.89. The number of hydrogen-bond donors (Lipinski definition) is 0. The maximum absolute atomic E-state index is 11.0. The summed E-state index contributed by atoms with van der Waals surface area (Å²) in [4.78, 5) is 11.0. The van der Waals surface area contributed by atoms with Gasteiger partial charge < -0.3 is 4.74 Å². The van der Waals surface area contributed by atoms with Gasteiger partial charge in [-0.3, -0.25) is 4.79 Å². The quantitative estimate of drug-likeness (QED) is 0.464. The summed E-state index contributed by atoms with van der Waals surface area (Å²) in [6, 6.07) is 0. The van der Waals surface area contributed by atoms with E-state index in [1.807, 2.05) is 12.2 Å². The summed E-state index contributed by atoms with van der Waals surface area (Å²) in [7, 11) is 0. The van der Waals surface area contributed by atoms with Gasteiger partial charge >= 0.3 is 5.97 Å². The van der Waals surface area contributed by atoms with E-state index in [9.17, 15) is 4.79 Å². The SMILES string of the molecule is CCCC1C=C=CCCC(=O)O1. The molecule has 1 heterocycles. The van der Waals surface area contributed by atoms with Crippen molar-refractivity contribution in [3.63, 3.8) is 0 Å². The van der Waals surface area contributed by atoms with Crippen LogP contribution < -0.4 is 0 Å². The number of cyclic esters (lactones) is 1. The van der Waals surface area contributed by atoms with Crippen LogP contribution in [0.25, 0.3) is 0 Å². The lowest BCUT2D eigenvalue weighted by Gasteiger charge is -2.13. The minimum absolute atomic E-state index is 0.0564. The fourth-order valence-corrected chi connectivity index (χ4v) is 1.14. The molecule has 1 rings (SSSR count). The molecule has 1 aliphatic heterocycles. The topological polar surface area (TPSA) is 26.3 Å². The van der Waals surface area contributed by atoms with Crippen molar-refractivity contribution in [2.75, 3.05) is 0 Å². The molecule has 12 heavy (non-hydrogen) atoms. The molecule has 2 heteroatoms. The van der Waals surface area contributed by atoms with Gasteiger partial charge in [-0.05, 0) is 25.0 Å². The van der Waals surface area contributed by atoms with Gasteiger partial charge in [-0.1, -0.05) is 13.3 Å². The third-order valence-electron chi connectivity index (χ3n) is 1.75. The summed E-state index contributed by atoms with van der Waals surface area (Å²) in [6.45, 7) is 2.07. The van der Waals surface area contributed by atoms with Crippen LogP contribution in [0, 0.1) is 0 Å². The molecule has 1 atom stereocenters. The Morgan fingerprint density at radius 1 is 1.75 bits per heavy atom. The Bertz CT molecular complexity index is 210.